The monoisotopic (exact) mass is 421 g/mol. The molecule has 0 bridgehead atoms. The molecule has 0 radical (unpaired) electrons. The third-order valence-corrected chi connectivity index (χ3v) is 4.21. The highest BCUT2D eigenvalue weighted by Crippen LogP contribution is 2.35. The van der Waals surface area contributed by atoms with E-state index in [4.69, 9.17) is 28.1 Å². The van der Waals surface area contributed by atoms with E-state index in [9.17, 15) is 0 Å². The lowest BCUT2D eigenvalue weighted by Crippen LogP contribution is -2.68. The summed E-state index contributed by atoms with van der Waals surface area (Å²) >= 11 is 0. The van der Waals surface area contributed by atoms with Crippen LogP contribution < -0.4 is 23.4 Å². The lowest BCUT2D eigenvalue weighted by Gasteiger charge is -2.21. The Morgan fingerprint density at radius 1 is 0.931 bits per heavy atom. The van der Waals surface area contributed by atoms with E-state index in [-0.39, 0.29) is 0 Å². The van der Waals surface area contributed by atoms with E-state index in [1.807, 2.05) is 37.3 Å². The number of allylic oxidation sites excluding steroid dienone is 6. The third kappa shape index (κ3) is 6.85. The molecule has 1 heterocycles. The lowest BCUT2D eigenvalue weighted by atomic mass is 10.0. The van der Waals surface area contributed by atoms with Crippen molar-refractivity contribution in [3.05, 3.63) is 71.5 Å². The number of nitrogens with zero attached hydrogens (tertiary/aromatic N) is 1. The van der Waals surface area contributed by atoms with Crippen LogP contribution in [0.5, 0.6) is 5.75 Å². The van der Waals surface area contributed by atoms with Gasteiger partial charge >= 0.3 is 0 Å². The molecule has 0 unspecified atom stereocenters. The van der Waals surface area contributed by atoms with Gasteiger partial charge in [0, 0.05) is 23.8 Å². The topological polar surface area (TPSA) is 114 Å². The molecular formula is C21H24ClNO6. The van der Waals surface area contributed by atoms with Crippen LogP contribution in [0.3, 0.4) is 0 Å². The van der Waals surface area contributed by atoms with Crippen molar-refractivity contribution in [1.82, 2.24) is 0 Å². The van der Waals surface area contributed by atoms with Gasteiger partial charge in [-0.25, -0.2) is 23.2 Å². The van der Waals surface area contributed by atoms with E-state index in [1.54, 1.807) is 0 Å². The molecule has 8 heteroatoms. The van der Waals surface area contributed by atoms with E-state index < -0.39 is 10.2 Å². The molecule has 0 fully saturated rings. The van der Waals surface area contributed by atoms with E-state index in [0.29, 0.717) is 6.61 Å². The van der Waals surface area contributed by atoms with Crippen molar-refractivity contribution in [3.8, 4) is 5.75 Å². The van der Waals surface area contributed by atoms with E-state index in [2.05, 4.69) is 42.7 Å². The quantitative estimate of drug-likeness (QED) is 0.610. The average molecular weight is 422 g/mol. The van der Waals surface area contributed by atoms with Gasteiger partial charge in [0.1, 0.15) is 30.4 Å². The first-order chi connectivity index (χ1) is 13.8. The minimum atomic E-state index is -4.94. The summed E-state index contributed by atoms with van der Waals surface area (Å²) < 4.78 is 48.2. The fourth-order valence-electron chi connectivity index (χ4n) is 2.95. The smallest absolute Gasteiger partial charge is 0.199 e. The van der Waals surface area contributed by atoms with Crippen LogP contribution in [-0.2, 0) is 4.74 Å². The van der Waals surface area contributed by atoms with Crippen molar-refractivity contribution in [2.75, 3.05) is 19.7 Å². The van der Waals surface area contributed by atoms with E-state index >= 15 is 0 Å². The largest absolute Gasteiger partial charge is 0.493 e. The van der Waals surface area contributed by atoms with E-state index in [1.165, 1.54) is 5.71 Å². The van der Waals surface area contributed by atoms with Gasteiger partial charge in [-0.1, -0.05) is 12.1 Å². The molecule has 1 aliphatic carbocycles. The Balaban J connectivity index is 0.000000537. The van der Waals surface area contributed by atoms with Gasteiger partial charge in [0.05, 0.1) is 12.2 Å². The Labute approximate surface area is 172 Å². The Bertz CT molecular complexity index is 847. The van der Waals surface area contributed by atoms with Gasteiger partial charge in [-0.15, -0.1) is 10.2 Å². The van der Waals surface area contributed by atoms with Gasteiger partial charge < -0.3 is 9.47 Å². The molecule has 1 aromatic rings. The average Bonchev–Trinajstić information content (AvgIpc) is 2.68. The van der Waals surface area contributed by atoms with Gasteiger partial charge in [-0.2, -0.15) is 0 Å². The van der Waals surface area contributed by atoms with Crippen molar-refractivity contribution in [2.45, 2.75) is 20.8 Å². The lowest BCUT2D eigenvalue weighted by molar-refractivity contribution is -2.00. The summed E-state index contributed by atoms with van der Waals surface area (Å²) in [6.45, 7) is 8.98. The molecule has 156 valence electrons. The molecule has 2 aliphatic rings. The van der Waals surface area contributed by atoms with Crippen molar-refractivity contribution in [3.63, 3.8) is 0 Å². The molecule has 0 saturated carbocycles. The second-order valence-corrected chi connectivity index (χ2v) is 6.76. The number of ether oxygens (including phenoxy) is 2. The van der Waals surface area contributed by atoms with Crippen molar-refractivity contribution in [2.24, 2.45) is 0 Å². The van der Waals surface area contributed by atoms with Crippen LogP contribution in [0.25, 0.3) is 5.76 Å². The minimum Gasteiger partial charge on any atom is -0.493 e. The molecule has 0 aromatic heterocycles. The second kappa shape index (κ2) is 10.4. The van der Waals surface area contributed by atoms with Crippen LogP contribution in [0.1, 0.15) is 26.3 Å². The van der Waals surface area contributed by atoms with Crippen LogP contribution in [0, 0.1) is 10.2 Å². The summed E-state index contributed by atoms with van der Waals surface area (Å²) in [7, 11) is -4.94. The molecule has 29 heavy (non-hydrogen) atoms. The number of benzene rings is 1. The van der Waals surface area contributed by atoms with Gasteiger partial charge in [0.25, 0.3) is 0 Å². The highest BCUT2D eigenvalue weighted by Gasteiger charge is 2.20. The third-order valence-electron chi connectivity index (χ3n) is 4.21. The molecular weight excluding hydrogens is 398 g/mol. The molecule has 7 nitrogen and oxygen atoms in total. The zero-order chi connectivity index (χ0) is 21.4. The van der Waals surface area contributed by atoms with Gasteiger partial charge in [-0.3, -0.25) is 0 Å². The maximum atomic E-state index is 8.49. The number of fused-ring (bicyclic) bond motifs is 1. The van der Waals surface area contributed by atoms with Crippen molar-refractivity contribution >= 4 is 11.5 Å². The highest BCUT2D eigenvalue weighted by atomic mass is 35.7. The van der Waals surface area contributed by atoms with Crippen molar-refractivity contribution in [1.29, 1.82) is 0 Å². The summed E-state index contributed by atoms with van der Waals surface area (Å²) in [6, 6.07) is 7.98. The van der Waals surface area contributed by atoms with Crippen molar-refractivity contribution < 1.29 is 42.9 Å². The fourth-order valence-corrected chi connectivity index (χ4v) is 2.95. The summed E-state index contributed by atoms with van der Waals surface area (Å²) in [6.07, 6.45) is 10.5. The normalized spacial score (nSPS) is 15.1. The summed E-state index contributed by atoms with van der Waals surface area (Å²) in [5.41, 5.74) is 3.29. The Hall–Kier alpha value is -2.42. The second-order valence-electron chi connectivity index (χ2n) is 6.00. The molecule has 3 rings (SSSR count). The molecule has 0 spiro atoms. The van der Waals surface area contributed by atoms with Gasteiger partial charge in [0.2, 0.25) is 0 Å². The SMILES string of the molecule is CCOC1=CC(=C2C=CC(=[N+](CC)CC)C=C2)Oc2ccccc21.[O-][Cl+3]([O-])([O-])[O-]. The molecule has 1 aliphatic heterocycles. The Kier molecular flexibility index (Phi) is 8.19. The first-order valence-electron chi connectivity index (χ1n) is 9.22. The molecule has 0 N–H and O–H groups in total. The molecule has 0 atom stereocenters. The Morgan fingerprint density at radius 2 is 1.52 bits per heavy atom. The van der Waals surface area contributed by atoms with Crippen LogP contribution in [-0.4, -0.2) is 30.0 Å². The van der Waals surface area contributed by atoms with Crippen LogP contribution in [0.2, 0.25) is 0 Å². The van der Waals surface area contributed by atoms with Crippen LogP contribution in [0.4, 0.5) is 0 Å². The maximum Gasteiger partial charge on any atom is 0.199 e. The zero-order valence-corrected chi connectivity index (χ0v) is 17.3. The summed E-state index contributed by atoms with van der Waals surface area (Å²) in [5, 5.41) is 0. The van der Waals surface area contributed by atoms with Crippen LogP contribution in [0.15, 0.2) is 66.0 Å². The number of hydrogen-bond donors (Lipinski definition) is 0. The highest BCUT2D eigenvalue weighted by molar-refractivity contribution is 6.02. The van der Waals surface area contributed by atoms with Gasteiger partial charge in [0.15, 0.2) is 5.71 Å². The molecule has 0 amide bonds. The standard InChI is InChI=1S/C21H24NO2.ClHO4/c1-4-22(5-2)17-13-11-16(12-14-17)20-15-21(23-6-3)18-9-7-8-10-19(18)24-20;2-1(3,4)5/h7-15H,4-6H2,1-3H3;(H,2,3,4,5)/q+1;/p-1. The molecule has 0 saturated heterocycles. The number of rotatable bonds is 4. The first-order valence-corrected chi connectivity index (χ1v) is 10.5. The Morgan fingerprint density at radius 3 is 2.07 bits per heavy atom. The number of hydrogen-bond acceptors (Lipinski definition) is 6. The fraction of sp³-hybridized carbons (Fsp3) is 0.286. The van der Waals surface area contributed by atoms with Crippen LogP contribution >= 0.6 is 0 Å². The van der Waals surface area contributed by atoms with E-state index in [0.717, 1.165) is 41.5 Å². The predicted molar refractivity (Wildman–Crippen MR) is 98.3 cm³/mol. The maximum absolute atomic E-state index is 8.49. The number of halogens is 1. The minimum absolute atomic E-state index is 0.633. The number of para-hydroxylation sites is 1. The predicted octanol–water partition coefficient (Wildman–Crippen LogP) is -0.426. The molecule has 1 aromatic carbocycles. The van der Waals surface area contributed by atoms with Gasteiger partial charge in [-0.05, 0) is 45.1 Å². The first kappa shape index (κ1) is 22.9. The summed E-state index contributed by atoms with van der Waals surface area (Å²) in [4.78, 5) is 0. The zero-order valence-electron chi connectivity index (χ0n) is 16.6. The summed E-state index contributed by atoms with van der Waals surface area (Å²) in [5.74, 6) is 2.52.